The van der Waals surface area contributed by atoms with Gasteiger partial charge in [-0.1, -0.05) is 48.5 Å². The lowest BCUT2D eigenvalue weighted by Crippen LogP contribution is -2.87. The van der Waals surface area contributed by atoms with Crippen molar-refractivity contribution in [2.75, 3.05) is 19.7 Å². The minimum absolute atomic E-state index is 0.272. The third-order valence-electron chi connectivity index (χ3n) is 3.06. The average molecular weight is 272 g/mol. The van der Waals surface area contributed by atoms with Crippen LogP contribution in [0.25, 0.3) is 11.1 Å². The van der Waals surface area contributed by atoms with E-state index in [9.17, 15) is 5.11 Å². The lowest BCUT2D eigenvalue weighted by atomic mass is 10.1. The molecule has 0 aliphatic carbocycles. The zero-order valence-corrected chi connectivity index (χ0v) is 11.8. The highest BCUT2D eigenvalue weighted by molar-refractivity contribution is 5.70. The predicted octanol–water partition coefficient (Wildman–Crippen LogP) is 1.68. The molecule has 1 atom stereocenters. The Bertz CT molecular complexity index is 511. The Labute approximate surface area is 120 Å². The largest absolute Gasteiger partial charge is 0.487 e. The molecule has 3 N–H and O–H groups in total. The van der Waals surface area contributed by atoms with Gasteiger partial charge in [-0.05, 0) is 18.6 Å². The van der Waals surface area contributed by atoms with E-state index in [0.29, 0.717) is 13.2 Å². The van der Waals surface area contributed by atoms with E-state index in [-0.39, 0.29) is 6.10 Å². The molecule has 20 heavy (non-hydrogen) atoms. The summed E-state index contributed by atoms with van der Waals surface area (Å²) in [5.41, 5.74) is 2.28. The Morgan fingerprint density at radius 2 is 1.75 bits per heavy atom. The first-order valence-corrected chi connectivity index (χ1v) is 7.04. The summed E-state index contributed by atoms with van der Waals surface area (Å²) in [6, 6.07) is 18.3. The average Bonchev–Trinajstić information content (AvgIpc) is 2.48. The van der Waals surface area contributed by atoms with Crippen molar-refractivity contribution >= 4 is 0 Å². The molecular weight excluding hydrogens is 250 g/mol. The molecule has 0 amide bonds. The van der Waals surface area contributed by atoms with Gasteiger partial charge in [-0.2, -0.15) is 0 Å². The number of aliphatic hydroxyl groups is 1. The van der Waals surface area contributed by atoms with Crippen LogP contribution in [0.4, 0.5) is 0 Å². The first kappa shape index (κ1) is 14.6. The van der Waals surface area contributed by atoms with Crippen LogP contribution < -0.4 is 10.1 Å². The highest BCUT2D eigenvalue weighted by Gasteiger charge is 2.05. The van der Waals surface area contributed by atoms with Gasteiger partial charge in [0, 0.05) is 5.56 Å². The second-order valence-corrected chi connectivity index (χ2v) is 4.87. The molecular formula is C17H22NO2+. The van der Waals surface area contributed by atoms with Gasteiger partial charge in [0.2, 0.25) is 0 Å². The quantitative estimate of drug-likeness (QED) is 0.753. The van der Waals surface area contributed by atoms with Crippen LogP contribution in [0.3, 0.4) is 0 Å². The maximum absolute atomic E-state index is 9.19. The number of quaternary nitrogens is 1. The number of hydrogen-bond donors (Lipinski definition) is 2. The van der Waals surface area contributed by atoms with E-state index in [1.54, 1.807) is 6.92 Å². The Morgan fingerprint density at radius 1 is 1.05 bits per heavy atom. The van der Waals surface area contributed by atoms with E-state index in [0.717, 1.165) is 23.4 Å². The Kier molecular flexibility index (Phi) is 5.59. The lowest BCUT2D eigenvalue weighted by molar-refractivity contribution is -0.661. The summed E-state index contributed by atoms with van der Waals surface area (Å²) in [5.74, 6) is 0.907. The molecule has 0 unspecified atom stereocenters. The third-order valence-corrected chi connectivity index (χ3v) is 3.06. The van der Waals surface area contributed by atoms with E-state index in [2.05, 4.69) is 23.5 Å². The lowest BCUT2D eigenvalue weighted by Gasteiger charge is -2.11. The highest BCUT2D eigenvalue weighted by Crippen LogP contribution is 2.29. The second-order valence-electron chi connectivity index (χ2n) is 4.87. The van der Waals surface area contributed by atoms with Crippen molar-refractivity contribution in [2.45, 2.75) is 13.0 Å². The number of rotatable bonds is 7. The topological polar surface area (TPSA) is 46.1 Å². The van der Waals surface area contributed by atoms with Crippen LogP contribution in [0.1, 0.15) is 6.92 Å². The van der Waals surface area contributed by atoms with E-state index in [1.165, 1.54) is 0 Å². The van der Waals surface area contributed by atoms with Crippen molar-refractivity contribution in [3.05, 3.63) is 54.6 Å². The zero-order chi connectivity index (χ0) is 14.2. The van der Waals surface area contributed by atoms with Crippen LogP contribution in [-0.4, -0.2) is 30.9 Å². The monoisotopic (exact) mass is 272 g/mol. The second kappa shape index (κ2) is 7.68. The minimum Gasteiger partial charge on any atom is -0.487 e. The fourth-order valence-electron chi connectivity index (χ4n) is 2.06. The number of hydrogen-bond acceptors (Lipinski definition) is 2. The maximum atomic E-state index is 9.19. The van der Waals surface area contributed by atoms with Crippen molar-refractivity contribution < 1.29 is 15.2 Å². The molecule has 2 aromatic carbocycles. The predicted molar refractivity (Wildman–Crippen MR) is 80.7 cm³/mol. The molecule has 0 radical (unpaired) electrons. The summed E-state index contributed by atoms with van der Waals surface area (Å²) in [5, 5.41) is 11.3. The summed E-state index contributed by atoms with van der Waals surface area (Å²) >= 11 is 0. The fraction of sp³-hybridized carbons (Fsp3) is 0.294. The smallest absolute Gasteiger partial charge is 0.137 e. The molecule has 0 bridgehead atoms. The molecule has 3 nitrogen and oxygen atoms in total. The Hall–Kier alpha value is -1.84. The fourth-order valence-corrected chi connectivity index (χ4v) is 2.06. The zero-order valence-electron chi connectivity index (χ0n) is 11.8. The molecule has 0 fully saturated rings. The van der Waals surface area contributed by atoms with Crippen LogP contribution in [0, 0.1) is 0 Å². The number of benzene rings is 2. The Balaban J connectivity index is 1.95. The van der Waals surface area contributed by atoms with E-state index in [1.807, 2.05) is 36.4 Å². The van der Waals surface area contributed by atoms with Gasteiger partial charge in [-0.15, -0.1) is 0 Å². The molecule has 3 heteroatoms. The summed E-state index contributed by atoms with van der Waals surface area (Å²) in [4.78, 5) is 0. The number of nitrogens with two attached hydrogens (primary N) is 1. The molecule has 0 aliphatic rings. The van der Waals surface area contributed by atoms with Crippen molar-refractivity contribution in [2.24, 2.45) is 0 Å². The first-order valence-electron chi connectivity index (χ1n) is 7.04. The normalized spacial score (nSPS) is 12.1. The molecule has 0 spiro atoms. The molecule has 0 aromatic heterocycles. The van der Waals surface area contributed by atoms with Crippen molar-refractivity contribution in [1.29, 1.82) is 0 Å². The summed E-state index contributed by atoms with van der Waals surface area (Å²) in [6.07, 6.45) is -0.272. The van der Waals surface area contributed by atoms with Crippen molar-refractivity contribution in [1.82, 2.24) is 0 Å². The van der Waals surface area contributed by atoms with Gasteiger partial charge in [-0.25, -0.2) is 0 Å². The number of aliphatic hydroxyl groups excluding tert-OH is 1. The van der Waals surface area contributed by atoms with Gasteiger partial charge < -0.3 is 15.2 Å². The van der Waals surface area contributed by atoms with Crippen LogP contribution in [-0.2, 0) is 0 Å². The van der Waals surface area contributed by atoms with Crippen LogP contribution in [0.15, 0.2) is 54.6 Å². The van der Waals surface area contributed by atoms with Crippen molar-refractivity contribution in [3.63, 3.8) is 0 Å². The molecule has 0 aliphatic heterocycles. The van der Waals surface area contributed by atoms with Gasteiger partial charge in [0.15, 0.2) is 0 Å². The number of ether oxygens (including phenoxy) is 1. The molecule has 0 heterocycles. The summed E-state index contributed by atoms with van der Waals surface area (Å²) in [7, 11) is 0. The molecule has 0 saturated heterocycles. The first-order chi connectivity index (χ1) is 9.77. The van der Waals surface area contributed by atoms with E-state index in [4.69, 9.17) is 4.74 Å². The maximum Gasteiger partial charge on any atom is 0.137 e. The number of para-hydroxylation sites is 1. The van der Waals surface area contributed by atoms with Crippen LogP contribution in [0.2, 0.25) is 0 Å². The standard InChI is InChI=1S/C17H21NO2/c1-14(19)13-18-11-12-20-17-10-6-5-9-16(17)15-7-3-2-4-8-15/h2-10,14,18-19H,11-13H2,1H3/p+1/t14-/m1/s1. The molecule has 2 rings (SSSR count). The third kappa shape index (κ3) is 4.37. The molecule has 2 aromatic rings. The summed E-state index contributed by atoms with van der Waals surface area (Å²) < 4.78 is 5.86. The highest BCUT2D eigenvalue weighted by atomic mass is 16.5. The van der Waals surface area contributed by atoms with Gasteiger partial charge in [0.1, 0.15) is 25.4 Å². The van der Waals surface area contributed by atoms with Gasteiger partial charge in [0.25, 0.3) is 0 Å². The SMILES string of the molecule is C[C@@H](O)C[NH2+]CCOc1ccccc1-c1ccccc1. The minimum atomic E-state index is -0.272. The van der Waals surface area contributed by atoms with Crippen LogP contribution >= 0.6 is 0 Å². The Morgan fingerprint density at radius 3 is 2.50 bits per heavy atom. The molecule has 106 valence electrons. The van der Waals surface area contributed by atoms with Crippen molar-refractivity contribution in [3.8, 4) is 16.9 Å². The van der Waals surface area contributed by atoms with E-state index >= 15 is 0 Å². The van der Waals surface area contributed by atoms with Gasteiger partial charge in [0.05, 0.1) is 6.10 Å². The van der Waals surface area contributed by atoms with Gasteiger partial charge >= 0.3 is 0 Å². The summed E-state index contributed by atoms with van der Waals surface area (Å²) in [6.45, 7) is 3.98. The van der Waals surface area contributed by atoms with Gasteiger partial charge in [-0.3, -0.25) is 0 Å². The molecule has 0 saturated carbocycles. The van der Waals surface area contributed by atoms with Crippen LogP contribution in [0.5, 0.6) is 5.75 Å². The van der Waals surface area contributed by atoms with E-state index < -0.39 is 0 Å².